The lowest BCUT2D eigenvalue weighted by atomic mass is 9.96. The van der Waals surface area contributed by atoms with Crippen LogP contribution in [0.25, 0.3) is 0 Å². The minimum Gasteiger partial charge on any atom is -0.497 e. The molecule has 0 saturated heterocycles. The van der Waals surface area contributed by atoms with Crippen molar-refractivity contribution in [1.82, 2.24) is 0 Å². The first-order valence-corrected chi connectivity index (χ1v) is 5.39. The molecule has 1 aromatic heterocycles. The molecule has 1 aromatic carbocycles. The van der Waals surface area contributed by atoms with E-state index in [2.05, 4.69) is 6.07 Å². The molecule has 1 heterocycles. The van der Waals surface area contributed by atoms with Crippen molar-refractivity contribution >= 4 is 0 Å². The summed E-state index contributed by atoms with van der Waals surface area (Å²) in [5, 5.41) is 9.21. The predicted molar refractivity (Wildman–Crippen MR) is 63.8 cm³/mol. The largest absolute Gasteiger partial charge is 0.497 e. The van der Waals surface area contributed by atoms with E-state index in [0.717, 1.165) is 17.1 Å². The summed E-state index contributed by atoms with van der Waals surface area (Å²) in [6, 6.07) is 13.6. The number of hydrogen-bond donors (Lipinski definition) is 0. The monoisotopic (exact) mass is 227 g/mol. The van der Waals surface area contributed by atoms with E-state index in [4.69, 9.17) is 9.15 Å². The third-order valence-electron chi connectivity index (χ3n) is 2.64. The molecular weight excluding hydrogens is 214 g/mol. The summed E-state index contributed by atoms with van der Waals surface area (Å²) in [5.74, 6) is 1.37. The molecule has 0 aliphatic rings. The van der Waals surface area contributed by atoms with Gasteiger partial charge in [0, 0.05) is 6.42 Å². The Labute approximate surface area is 100 Å². The first-order valence-electron chi connectivity index (χ1n) is 5.39. The van der Waals surface area contributed by atoms with Crippen LogP contribution >= 0.6 is 0 Å². The van der Waals surface area contributed by atoms with Gasteiger partial charge in [-0.3, -0.25) is 0 Å². The highest BCUT2D eigenvalue weighted by Crippen LogP contribution is 2.23. The lowest BCUT2D eigenvalue weighted by Crippen LogP contribution is -2.00. The van der Waals surface area contributed by atoms with E-state index in [1.54, 1.807) is 13.4 Å². The van der Waals surface area contributed by atoms with Gasteiger partial charge in [0.25, 0.3) is 0 Å². The number of ether oxygens (including phenoxy) is 1. The highest BCUT2D eigenvalue weighted by molar-refractivity contribution is 5.34. The van der Waals surface area contributed by atoms with Gasteiger partial charge in [0.15, 0.2) is 0 Å². The maximum atomic E-state index is 9.21. The highest BCUT2D eigenvalue weighted by atomic mass is 16.5. The standard InChI is InChI=1S/C14H13NO2/c1-16-13-5-2-4-11(8-13)12(10-15)9-14-6-3-7-17-14/h2-8,12H,9H2,1H3. The summed E-state index contributed by atoms with van der Waals surface area (Å²) in [5.41, 5.74) is 0.947. The van der Waals surface area contributed by atoms with E-state index in [1.807, 2.05) is 36.4 Å². The Bertz CT molecular complexity index is 511. The number of benzene rings is 1. The molecule has 0 fully saturated rings. The molecule has 1 atom stereocenters. The lowest BCUT2D eigenvalue weighted by molar-refractivity contribution is 0.414. The van der Waals surface area contributed by atoms with Gasteiger partial charge in [-0.05, 0) is 29.8 Å². The van der Waals surface area contributed by atoms with Crippen LogP contribution in [-0.4, -0.2) is 7.11 Å². The number of furan rings is 1. The molecule has 0 saturated carbocycles. The second kappa shape index (κ2) is 5.22. The van der Waals surface area contributed by atoms with Crippen LogP contribution in [0.2, 0.25) is 0 Å². The number of methoxy groups -OCH3 is 1. The van der Waals surface area contributed by atoms with Crippen LogP contribution in [0.3, 0.4) is 0 Å². The van der Waals surface area contributed by atoms with E-state index in [9.17, 15) is 5.26 Å². The average molecular weight is 227 g/mol. The minimum atomic E-state index is -0.212. The van der Waals surface area contributed by atoms with Crippen molar-refractivity contribution in [2.45, 2.75) is 12.3 Å². The molecule has 0 spiro atoms. The van der Waals surface area contributed by atoms with Gasteiger partial charge in [-0.2, -0.15) is 5.26 Å². The van der Waals surface area contributed by atoms with E-state index in [1.165, 1.54) is 0 Å². The van der Waals surface area contributed by atoms with E-state index >= 15 is 0 Å². The van der Waals surface area contributed by atoms with Gasteiger partial charge >= 0.3 is 0 Å². The Kier molecular flexibility index (Phi) is 3.46. The number of rotatable bonds is 4. The average Bonchev–Trinajstić information content (AvgIpc) is 2.89. The lowest BCUT2D eigenvalue weighted by Gasteiger charge is -2.09. The van der Waals surface area contributed by atoms with Gasteiger partial charge < -0.3 is 9.15 Å². The van der Waals surface area contributed by atoms with Crippen molar-refractivity contribution in [2.75, 3.05) is 7.11 Å². The summed E-state index contributed by atoms with van der Waals surface area (Å²) in [6.45, 7) is 0. The Hall–Kier alpha value is -2.21. The Morgan fingerprint density at radius 1 is 1.35 bits per heavy atom. The molecule has 0 aliphatic carbocycles. The first-order chi connectivity index (χ1) is 8.33. The second-order valence-electron chi connectivity index (χ2n) is 3.74. The van der Waals surface area contributed by atoms with Crippen LogP contribution in [0.4, 0.5) is 0 Å². The molecule has 0 amide bonds. The molecule has 0 N–H and O–H groups in total. The zero-order valence-electron chi connectivity index (χ0n) is 9.59. The molecule has 0 aliphatic heterocycles. The molecule has 86 valence electrons. The summed E-state index contributed by atoms with van der Waals surface area (Å²) in [7, 11) is 1.62. The molecule has 0 bridgehead atoms. The number of nitrogens with zero attached hydrogens (tertiary/aromatic N) is 1. The van der Waals surface area contributed by atoms with Crippen LogP contribution < -0.4 is 4.74 Å². The summed E-state index contributed by atoms with van der Waals surface area (Å²) >= 11 is 0. The van der Waals surface area contributed by atoms with E-state index in [-0.39, 0.29) is 5.92 Å². The van der Waals surface area contributed by atoms with Crippen molar-refractivity contribution in [3.8, 4) is 11.8 Å². The van der Waals surface area contributed by atoms with Crippen molar-refractivity contribution in [3.63, 3.8) is 0 Å². The first kappa shape index (κ1) is 11.3. The van der Waals surface area contributed by atoms with Crippen LogP contribution in [0, 0.1) is 11.3 Å². The number of nitriles is 1. The Morgan fingerprint density at radius 3 is 2.88 bits per heavy atom. The molecule has 17 heavy (non-hydrogen) atoms. The maximum Gasteiger partial charge on any atom is 0.119 e. The topological polar surface area (TPSA) is 46.2 Å². The Balaban J connectivity index is 2.20. The third-order valence-corrected chi connectivity index (χ3v) is 2.64. The smallest absolute Gasteiger partial charge is 0.119 e. The summed E-state index contributed by atoms with van der Waals surface area (Å²) in [6.07, 6.45) is 2.20. The van der Waals surface area contributed by atoms with Gasteiger partial charge in [0.2, 0.25) is 0 Å². The van der Waals surface area contributed by atoms with Gasteiger partial charge in [-0.1, -0.05) is 12.1 Å². The van der Waals surface area contributed by atoms with Gasteiger partial charge in [0.05, 0.1) is 25.4 Å². The third kappa shape index (κ3) is 2.67. The molecule has 2 rings (SSSR count). The summed E-state index contributed by atoms with van der Waals surface area (Å²) < 4.78 is 10.4. The quantitative estimate of drug-likeness (QED) is 0.806. The van der Waals surface area contributed by atoms with E-state index in [0.29, 0.717) is 6.42 Å². The maximum absolute atomic E-state index is 9.21. The normalized spacial score (nSPS) is 11.8. The van der Waals surface area contributed by atoms with Crippen molar-refractivity contribution in [3.05, 3.63) is 54.0 Å². The number of hydrogen-bond acceptors (Lipinski definition) is 3. The van der Waals surface area contributed by atoms with Crippen molar-refractivity contribution in [1.29, 1.82) is 5.26 Å². The van der Waals surface area contributed by atoms with Crippen molar-refractivity contribution in [2.24, 2.45) is 0 Å². The van der Waals surface area contributed by atoms with Crippen LogP contribution in [0.1, 0.15) is 17.2 Å². The fourth-order valence-electron chi connectivity index (χ4n) is 1.73. The zero-order valence-corrected chi connectivity index (χ0v) is 9.59. The molecule has 1 unspecified atom stereocenters. The van der Waals surface area contributed by atoms with Gasteiger partial charge in [-0.25, -0.2) is 0 Å². The van der Waals surface area contributed by atoms with Crippen LogP contribution in [-0.2, 0) is 6.42 Å². The van der Waals surface area contributed by atoms with Gasteiger partial charge in [0.1, 0.15) is 11.5 Å². The minimum absolute atomic E-state index is 0.212. The molecule has 3 heteroatoms. The predicted octanol–water partition coefficient (Wildman–Crippen LogP) is 3.14. The second-order valence-corrected chi connectivity index (χ2v) is 3.74. The van der Waals surface area contributed by atoms with Crippen LogP contribution in [0.15, 0.2) is 47.1 Å². The molecule has 3 nitrogen and oxygen atoms in total. The van der Waals surface area contributed by atoms with E-state index < -0.39 is 0 Å². The zero-order chi connectivity index (χ0) is 12.1. The van der Waals surface area contributed by atoms with Crippen molar-refractivity contribution < 1.29 is 9.15 Å². The Morgan fingerprint density at radius 2 is 2.24 bits per heavy atom. The molecular formula is C14H13NO2. The molecule has 2 aromatic rings. The van der Waals surface area contributed by atoms with Crippen LogP contribution in [0.5, 0.6) is 5.75 Å². The molecule has 0 radical (unpaired) electrons. The fraction of sp³-hybridized carbons (Fsp3) is 0.214. The fourth-order valence-corrected chi connectivity index (χ4v) is 1.73. The highest BCUT2D eigenvalue weighted by Gasteiger charge is 2.13. The summed E-state index contributed by atoms with van der Waals surface area (Å²) in [4.78, 5) is 0. The SMILES string of the molecule is COc1cccc(C(C#N)Cc2ccco2)c1. The van der Waals surface area contributed by atoms with Gasteiger partial charge in [-0.15, -0.1) is 0 Å².